The van der Waals surface area contributed by atoms with E-state index < -0.39 is 11.9 Å². The third-order valence-corrected chi connectivity index (χ3v) is 4.00. The van der Waals surface area contributed by atoms with Crippen LogP contribution in [0.1, 0.15) is 27.6 Å². The summed E-state index contributed by atoms with van der Waals surface area (Å²) in [7, 11) is 1.44. The van der Waals surface area contributed by atoms with Gasteiger partial charge in [0.05, 0.1) is 23.8 Å². The summed E-state index contributed by atoms with van der Waals surface area (Å²) in [4.78, 5) is 34.6. The fourth-order valence-corrected chi connectivity index (χ4v) is 2.76. The van der Waals surface area contributed by atoms with Crippen LogP contribution in [0.25, 0.3) is 0 Å². The lowest BCUT2D eigenvalue weighted by molar-refractivity contribution is -0.118. The van der Waals surface area contributed by atoms with E-state index in [1.807, 2.05) is 0 Å². The zero-order valence-corrected chi connectivity index (χ0v) is 16.4. The molecule has 0 heterocycles. The molecule has 0 unspecified atom stereocenters. The molecular weight excluding hydrogens is 418 g/mol. The first-order valence-corrected chi connectivity index (χ1v) is 8.80. The van der Waals surface area contributed by atoms with E-state index in [0.29, 0.717) is 45.7 Å². The summed E-state index contributed by atoms with van der Waals surface area (Å²) in [5, 5.41) is 2.66. The maximum Gasteiger partial charge on any atom is 0.338 e. The van der Waals surface area contributed by atoms with Crippen LogP contribution in [0.15, 0.2) is 40.9 Å². The summed E-state index contributed by atoms with van der Waals surface area (Å²) in [6.07, 6.45) is 0.684. The number of esters is 1. The number of ether oxygens (including phenoxy) is 3. The van der Waals surface area contributed by atoms with Gasteiger partial charge in [0.15, 0.2) is 18.1 Å². The van der Waals surface area contributed by atoms with Gasteiger partial charge in [-0.25, -0.2) is 4.79 Å². The molecule has 0 aliphatic rings. The summed E-state index contributed by atoms with van der Waals surface area (Å²) in [5.74, 6) is -0.171. The maximum absolute atomic E-state index is 12.1. The van der Waals surface area contributed by atoms with Gasteiger partial charge in [-0.05, 0) is 59.3 Å². The van der Waals surface area contributed by atoms with Gasteiger partial charge >= 0.3 is 5.97 Å². The van der Waals surface area contributed by atoms with Crippen LogP contribution in [0.5, 0.6) is 11.5 Å². The first-order chi connectivity index (χ1) is 13.0. The summed E-state index contributed by atoms with van der Waals surface area (Å²) >= 11 is 3.29. The first-order valence-electron chi connectivity index (χ1n) is 8.01. The van der Waals surface area contributed by atoms with Crippen LogP contribution < -0.4 is 14.8 Å². The van der Waals surface area contributed by atoms with Gasteiger partial charge in [0.1, 0.15) is 6.29 Å². The Morgan fingerprint density at radius 3 is 2.48 bits per heavy atom. The Kier molecular flexibility index (Phi) is 7.36. The number of aldehydes is 1. The van der Waals surface area contributed by atoms with Crippen LogP contribution in [-0.4, -0.2) is 38.5 Å². The molecule has 1 N–H and O–H groups in total. The van der Waals surface area contributed by atoms with Gasteiger partial charge in [-0.2, -0.15) is 0 Å². The van der Waals surface area contributed by atoms with Gasteiger partial charge in [0, 0.05) is 11.3 Å². The molecule has 0 aliphatic carbocycles. The molecule has 0 bridgehead atoms. The number of hydrogen-bond donors (Lipinski definition) is 1. The molecule has 0 saturated heterocycles. The second kappa shape index (κ2) is 9.72. The number of methoxy groups -OCH3 is 1. The Bertz CT molecular complexity index is 835. The van der Waals surface area contributed by atoms with Crippen LogP contribution in [0, 0.1) is 0 Å². The number of carbonyl (C=O) groups is 3. The molecule has 1 amide bonds. The van der Waals surface area contributed by atoms with Crippen molar-refractivity contribution >= 4 is 39.8 Å². The summed E-state index contributed by atoms with van der Waals surface area (Å²) < 4.78 is 16.1. The third kappa shape index (κ3) is 5.55. The Balaban J connectivity index is 1.99. The molecule has 142 valence electrons. The average molecular weight is 436 g/mol. The van der Waals surface area contributed by atoms with Crippen LogP contribution in [0.3, 0.4) is 0 Å². The van der Waals surface area contributed by atoms with Crippen molar-refractivity contribution < 1.29 is 28.6 Å². The zero-order chi connectivity index (χ0) is 19.8. The normalized spacial score (nSPS) is 10.0. The standard InChI is InChI=1S/C19H18BrNO6/c1-3-26-19(24)13-4-6-14(7-5-13)21-17(23)11-27-18-15(20)8-12(10-22)9-16(18)25-2/h4-10H,3,11H2,1-2H3,(H,21,23). The van der Waals surface area contributed by atoms with Crippen molar-refractivity contribution in [2.45, 2.75) is 6.92 Å². The molecule has 2 rings (SSSR count). The van der Waals surface area contributed by atoms with Crippen LogP contribution in [0.4, 0.5) is 5.69 Å². The largest absolute Gasteiger partial charge is 0.493 e. The van der Waals surface area contributed by atoms with Crippen molar-refractivity contribution in [1.82, 2.24) is 0 Å². The van der Waals surface area contributed by atoms with E-state index in [4.69, 9.17) is 14.2 Å². The first kappa shape index (κ1) is 20.4. The van der Waals surface area contributed by atoms with Gasteiger partial charge < -0.3 is 19.5 Å². The summed E-state index contributed by atoms with van der Waals surface area (Å²) in [6.45, 7) is 1.75. The fraction of sp³-hybridized carbons (Fsp3) is 0.211. The highest BCUT2D eigenvalue weighted by atomic mass is 79.9. The second-order valence-corrected chi connectivity index (χ2v) is 6.14. The SMILES string of the molecule is CCOC(=O)c1ccc(NC(=O)COc2c(Br)cc(C=O)cc2OC)cc1. The Morgan fingerprint density at radius 2 is 1.89 bits per heavy atom. The molecule has 0 saturated carbocycles. The van der Waals surface area contributed by atoms with E-state index in [1.165, 1.54) is 13.2 Å². The fourth-order valence-electron chi connectivity index (χ4n) is 2.19. The number of nitrogens with one attached hydrogen (secondary N) is 1. The third-order valence-electron chi connectivity index (χ3n) is 3.42. The molecule has 27 heavy (non-hydrogen) atoms. The van der Waals surface area contributed by atoms with Crippen molar-refractivity contribution in [3.8, 4) is 11.5 Å². The molecule has 2 aromatic carbocycles. The molecule has 0 spiro atoms. The quantitative estimate of drug-likeness (QED) is 0.504. The number of hydrogen-bond acceptors (Lipinski definition) is 6. The highest BCUT2D eigenvalue weighted by molar-refractivity contribution is 9.10. The maximum atomic E-state index is 12.1. The van der Waals surface area contributed by atoms with E-state index in [-0.39, 0.29) is 6.61 Å². The topological polar surface area (TPSA) is 90.9 Å². The molecule has 0 fully saturated rings. The van der Waals surface area contributed by atoms with E-state index in [9.17, 15) is 14.4 Å². The van der Waals surface area contributed by atoms with Gasteiger partial charge in [-0.3, -0.25) is 9.59 Å². The smallest absolute Gasteiger partial charge is 0.338 e. The van der Waals surface area contributed by atoms with Gasteiger partial charge in [-0.15, -0.1) is 0 Å². The highest BCUT2D eigenvalue weighted by Crippen LogP contribution is 2.36. The van der Waals surface area contributed by atoms with Crippen molar-refractivity contribution in [2.24, 2.45) is 0 Å². The Labute approximate surface area is 164 Å². The van der Waals surface area contributed by atoms with E-state index in [2.05, 4.69) is 21.2 Å². The van der Waals surface area contributed by atoms with Gasteiger partial charge in [0.2, 0.25) is 0 Å². The lowest BCUT2D eigenvalue weighted by atomic mass is 10.2. The summed E-state index contributed by atoms with van der Waals surface area (Å²) in [5.41, 5.74) is 1.33. The predicted molar refractivity (Wildman–Crippen MR) is 103 cm³/mol. The molecule has 0 atom stereocenters. The van der Waals surface area contributed by atoms with Crippen molar-refractivity contribution in [3.05, 3.63) is 52.0 Å². The van der Waals surface area contributed by atoms with Crippen LogP contribution in [-0.2, 0) is 9.53 Å². The van der Waals surface area contributed by atoms with Crippen molar-refractivity contribution in [1.29, 1.82) is 0 Å². The zero-order valence-electron chi connectivity index (χ0n) is 14.8. The van der Waals surface area contributed by atoms with E-state index >= 15 is 0 Å². The minimum absolute atomic E-state index is 0.269. The molecule has 0 radical (unpaired) electrons. The van der Waals surface area contributed by atoms with Crippen LogP contribution >= 0.6 is 15.9 Å². The van der Waals surface area contributed by atoms with Crippen LogP contribution in [0.2, 0.25) is 0 Å². The number of carbonyl (C=O) groups excluding carboxylic acids is 3. The van der Waals surface area contributed by atoms with Crippen molar-refractivity contribution in [3.63, 3.8) is 0 Å². The Hall–Kier alpha value is -2.87. The van der Waals surface area contributed by atoms with E-state index in [0.717, 1.165) is 0 Å². The van der Waals surface area contributed by atoms with Gasteiger partial charge in [-0.1, -0.05) is 0 Å². The highest BCUT2D eigenvalue weighted by Gasteiger charge is 2.14. The average Bonchev–Trinajstić information content (AvgIpc) is 2.67. The minimum atomic E-state index is -0.422. The molecule has 2 aromatic rings. The lowest BCUT2D eigenvalue weighted by Gasteiger charge is -2.13. The molecule has 0 aromatic heterocycles. The predicted octanol–water partition coefficient (Wildman–Crippen LogP) is 3.46. The van der Waals surface area contributed by atoms with E-state index in [1.54, 1.807) is 37.3 Å². The number of anilines is 1. The number of rotatable bonds is 8. The number of amides is 1. The number of halogens is 1. The molecular formula is C19H18BrNO6. The molecule has 8 heteroatoms. The molecule has 0 aliphatic heterocycles. The Morgan fingerprint density at radius 1 is 1.19 bits per heavy atom. The minimum Gasteiger partial charge on any atom is -0.493 e. The lowest BCUT2D eigenvalue weighted by Crippen LogP contribution is -2.20. The van der Waals surface area contributed by atoms with Crippen molar-refractivity contribution in [2.75, 3.05) is 25.6 Å². The molecule has 7 nitrogen and oxygen atoms in total. The summed E-state index contributed by atoms with van der Waals surface area (Å²) in [6, 6.07) is 9.40. The number of benzene rings is 2. The monoisotopic (exact) mass is 435 g/mol. The van der Waals surface area contributed by atoms with Gasteiger partial charge in [0.25, 0.3) is 5.91 Å². The second-order valence-electron chi connectivity index (χ2n) is 5.29.